The molecule has 0 radical (unpaired) electrons. The summed E-state index contributed by atoms with van der Waals surface area (Å²) in [5, 5.41) is 3.98. The first-order chi connectivity index (χ1) is 8.06. The molecule has 2 rings (SSSR count). The molecule has 2 aromatic rings. The van der Waals surface area contributed by atoms with Crippen molar-refractivity contribution in [3.05, 3.63) is 39.1 Å². The minimum atomic E-state index is -0.171. The zero-order valence-electron chi connectivity index (χ0n) is 9.32. The van der Waals surface area contributed by atoms with E-state index in [-0.39, 0.29) is 5.91 Å². The zero-order chi connectivity index (χ0) is 12.4. The van der Waals surface area contributed by atoms with Crippen molar-refractivity contribution in [3.8, 4) is 0 Å². The van der Waals surface area contributed by atoms with Crippen LogP contribution in [0.2, 0.25) is 5.15 Å². The summed E-state index contributed by atoms with van der Waals surface area (Å²) in [4.78, 5) is 20.6. The molecule has 0 aromatic carbocycles. The molecule has 0 fully saturated rings. The molecule has 2 heterocycles. The largest absolute Gasteiger partial charge is 0.321 e. The minimum absolute atomic E-state index is 0.171. The molecular weight excluding hydrogens is 258 g/mol. The molecule has 2 aromatic heterocycles. The number of aryl methyl sites for hydroxylation is 2. The maximum absolute atomic E-state index is 12.0. The van der Waals surface area contributed by atoms with Crippen LogP contribution < -0.4 is 5.32 Å². The molecule has 4 nitrogen and oxygen atoms in total. The Balaban J connectivity index is 2.20. The van der Waals surface area contributed by atoms with E-state index in [9.17, 15) is 4.79 Å². The average molecular weight is 268 g/mol. The van der Waals surface area contributed by atoms with Gasteiger partial charge in [-0.3, -0.25) is 4.79 Å². The molecule has 1 amide bonds. The number of nitrogens with one attached hydrogen (secondary N) is 1. The summed E-state index contributed by atoms with van der Waals surface area (Å²) in [5.74, 6) is -0.171. The van der Waals surface area contributed by atoms with Gasteiger partial charge in [0.2, 0.25) is 0 Å². The number of amides is 1. The summed E-state index contributed by atoms with van der Waals surface area (Å²) < 4.78 is 0. The molecule has 0 aliphatic carbocycles. The van der Waals surface area contributed by atoms with Gasteiger partial charge in [-0.15, -0.1) is 11.3 Å². The van der Waals surface area contributed by atoms with Crippen LogP contribution in [0, 0.1) is 13.8 Å². The molecule has 88 valence electrons. The summed E-state index contributed by atoms with van der Waals surface area (Å²) in [6, 6.07) is 3.29. The van der Waals surface area contributed by atoms with Crippen molar-refractivity contribution in [3.63, 3.8) is 0 Å². The van der Waals surface area contributed by atoms with Gasteiger partial charge in [0.1, 0.15) is 10.0 Å². The fourth-order valence-electron chi connectivity index (χ4n) is 1.41. The van der Waals surface area contributed by atoms with Gasteiger partial charge in [-0.05, 0) is 26.0 Å². The van der Waals surface area contributed by atoms with Crippen molar-refractivity contribution < 1.29 is 4.79 Å². The SMILES string of the molecule is Cc1nc(C)c(C(=O)Nc2ccnc(Cl)c2)s1. The smallest absolute Gasteiger partial charge is 0.267 e. The third-order valence-electron chi connectivity index (χ3n) is 2.09. The van der Waals surface area contributed by atoms with E-state index in [0.29, 0.717) is 15.7 Å². The van der Waals surface area contributed by atoms with Gasteiger partial charge in [0.15, 0.2) is 0 Å². The Labute approximate surface area is 108 Å². The lowest BCUT2D eigenvalue weighted by Crippen LogP contribution is -2.11. The average Bonchev–Trinajstić information content (AvgIpc) is 2.58. The van der Waals surface area contributed by atoms with E-state index in [2.05, 4.69) is 15.3 Å². The van der Waals surface area contributed by atoms with Gasteiger partial charge in [0.05, 0.1) is 10.7 Å². The zero-order valence-corrected chi connectivity index (χ0v) is 10.9. The number of carbonyl (C=O) groups excluding carboxylic acids is 1. The van der Waals surface area contributed by atoms with E-state index in [1.807, 2.05) is 13.8 Å². The highest BCUT2D eigenvalue weighted by Gasteiger charge is 2.13. The second-order valence-electron chi connectivity index (χ2n) is 3.47. The lowest BCUT2D eigenvalue weighted by Gasteiger charge is -2.03. The first kappa shape index (κ1) is 12.0. The van der Waals surface area contributed by atoms with Gasteiger partial charge in [-0.1, -0.05) is 11.6 Å². The maximum atomic E-state index is 12.0. The molecule has 0 aliphatic rings. The Kier molecular flexibility index (Phi) is 3.40. The highest BCUT2D eigenvalue weighted by atomic mass is 35.5. The molecule has 1 N–H and O–H groups in total. The molecule has 0 bridgehead atoms. The van der Waals surface area contributed by atoms with Crippen LogP contribution in [-0.4, -0.2) is 15.9 Å². The Morgan fingerprint density at radius 1 is 1.47 bits per heavy atom. The van der Waals surface area contributed by atoms with Gasteiger partial charge in [0, 0.05) is 11.9 Å². The Morgan fingerprint density at radius 2 is 2.24 bits per heavy atom. The Bertz CT molecular complexity index is 568. The van der Waals surface area contributed by atoms with Crippen LogP contribution in [0.15, 0.2) is 18.3 Å². The van der Waals surface area contributed by atoms with Crippen LogP contribution in [0.25, 0.3) is 0 Å². The lowest BCUT2D eigenvalue weighted by molar-refractivity contribution is 0.103. The summed E-state index contributed by atoms with van der Waals surface area (Å²) in [6.07, 6.45) is 1.54. The third-order valence-corrected chi connectivity index (χ3v) is 3.37. The predicted octanol–water partition coefficient (Wildman–Crippen LogP) is 3.06. The number of halogens is 1. The normalized spacial score (nSPS) is 10.3. The fraction of sp³-hybridized carbons (Fsp3) is 0.182. The van der Waals surface area contributed by atoms with E-state index in [4.69, 9.17) is 11.6 Å². The minimum Gasteiger partial charge on any atom is -0.321 e. The lowest BCUT2D eigenvalue weighted by atomic mass is 10.3. The molecule has 0 aliphatic heterocycles. The first-order valence-corrected chi connectivity index (χ1v) is 6.12. The van der Waals surface area contributed by atoms with Crippen molar-refractivity contribution in [2.75, 3.05) is 5.32 Å². The van der Waals surface area contributed by atoms with E-state index < -0.39 is 0 Å². The molecule has 0 unspecified atom stereocenters. The highest BCUT2D eigenvalue weighted by Crippen LogP contribution is 2.19. The Morgan fingerprint density at radius 3 is 2.82 bits per heavy atom. The van der Waals surface area contributed by atoms with E-state index >= 15 is 0 Å². The number of thiazole rings is 1. The molecule has 0 spiro atoms. The quantitative estimate of drug-likeness (QED) is 0.851. The number of anilines is 1. The molecular formula is C11H10ClN3OS. The maximum Gasteiger partial charge on any atom is 0.267 e. The van der Waals surface area contributed by atoms with Crippen molar-refractivity contribution in [2.45, 2.75) is 13.8 Å². The number of hydrogen-bond donors (Lipinski definition) is 1. The second-order valence-corrected chi connectivity index (χ2v) is 5.06. The van der Waals surface area contributed by atoms with Gasteiger partial charge in [0.25, 0.3) is 5.91 Å². The van der Waals surface area contributed by atoms with Crippen LogP contribution in [0.5, 0.6) is 0 Å². The van der Waals surface area contributed by atoms with Crippen LogP contribution in [0.3, 0.4) is 0 Å². The number of rotatable bonds is 2. The van der Waals surface area contributed by atoms with Gasteiger partial charge in [-0.2, -0.15) is 0 Å². The number of hydrogen-bond acceptors (Lipinski definition) is 4. The van der Waals surface area contributed by atoms with Crippen LogP contribution >= 0.6 is 22.9 Å². The van der Waals surface area contributed by atoms with Crippen molar-refractivity contribution in [2.24, 2.45) is 0 Å². The Hall–Kier alpha value is -1.46. The number of aromatic nitrogens is 2. The monoisotopic (exact) mass is 267 g/mol. The first-order valence-electron chi connectivity index (χ1n) is 4.93. The van der Waals surface area contributed by atoms with Crippen molar-refractivity contribution in [1.29, 1.82) is 0 Å². The highest BCUT2D eigenvalue weighted by molar-refractivity contribution is 7.13. The standard InChI is InChI=1S/C11H10ClN3OS/c1-6-10(17-7(2)14-6)11(16)15-8-3-4-13-9(12)5-8/h3-5H,1-2H3,(H,13,15,16). The van der Waals surface area contributed by atoms with Crippen LogP contribution in [0.4, 0.5) is 5.69 Å². The summed E-state index contributed by atoms with van der Waals surface area (Å²) in [7, 11) is 0. The van der Waals surface area contributed by atoms with Crippen molar-refractivity contribution >= 4 is 34.5 Å². The van der Waals surface area contributed by atoms with E-state index in [0.717, 1.165) is 10.7 Å². The second kappa shape index (κ2) is 4.81. The fourth-order valence-corrected chi connectivity index (χ4v) is 2.40. The summed E-state index contributed by atoms with van der Waals surface area (Å²) >= 11 is 7.11. The van der Waals surface area contributed by atoms with Crippen molar-refractivity contribution in [1.82, 2.24) is 9.97 Å². The van der Waals surface area contributed by atoms with Gasteiger partial charge in [-0.25, -0.2) is 9.97 Å². The molecule has 0 saturated heterocycles. The summed E-state index contributed by atoms with van der Waals surface area (Å²) in [6.45, 7) is 3.69. The topological polar surface area (TPSA) is 54.9 Å². The molecule has 17 heavy (non-hydrogen) atoms. The molecule has 0 saturated carbocycles. The third kappa shape index (κ3) is 2.81. The van der Waals surface area contributed by atoms with Crippen LogP contribution in [-0.2, 0) is 0 Å². The van der Waals surface area contributed by atoms with Gasteiger partial charge >= 0.3 is 0 Å². The number of pyridine rings is 1. The number of carbonyl (C=O) groups is 1. The summed E-state index contributed by atoms with van der Waals surface area (Å²) in [5.41, 5.74) is 1.37. The van der Waals surface area contributed by atoms with Gasteiger partial charge < -0.3 is 5.32 Å². The number of nitrogens with zero attached hydrogens (tertiary/aromatic N) is 2. The molecule has 0 atom stereocenters. The van der Waals surface area contributed by atoms with E-state index in [1.165, 1.54) is 11.3 Å². The van der Waals surface area contributed by atoms with E-state index in [1.54, 1.807) is 18.3 Å². The predicted molar refractivity (Wildman–Crippen MR) is 68.8 cm³/mol. The van der Waals surface area contributed by atoms with Crippen LogP contribution in [0.1, 0.15) is 20.4 Å². The molecule has 6 heteroatoms.